The van der Waals surface area contributed by atoms with Crippen LogP contribution in [0.1, 0.15) is 32.3 Å². The number of hydrogen-bond acceptors (Lipinski definition) is 3. The van der Waals surface area contributed by atoms with Crippen molar-refractivity contribution in [2.45, 2.75) is 33.6 Å². The topological polar surface area (TPSA) is 41.6 Å². The molecule has 1 aromatic carbocycles. The first-order valence-electron chi connectivity index (χ1n) is 7.35. The minimum absolute atomic E-state index is 0.0561. The van der Waals surface area contributed by atoms with Gasteiger partial charge in [-0.15, -0.1) is 0 Å². The predicted octanol–water partition coefficient (Wildman–Crippen LogP) is 2.90. The van der Waals surface area contributed by atoms with Crippen molar-refractivity contribution >= 4 is 23.2 Å². The van der Waals surface area contributed by atoms with Gasteiger partial charge in [-0.2, -0.15) is 0 Å². The second-order valence-electron chi connectivity index (χ2n) is 4.79. The Kier molecular flexibility index (Phi) is 7.75. The lowest BCUT2D eigenvalue weighted by atomic mass is 10.2. The number of aryl methyl sites for hydroxylation is 1. The summed E-state index contributed by atoms with van der Waals surface area (Å²) in [6.45, 7) is 8.18. The molecule has 21 heavy (non-hydrogen) atoms. The van der Waals surface area contributed by atoms with Gasteiger partial charge in [0.1, 0.15) is 5.75 Å². The second-order valence-corrected chi connectivity index (χ2v) is 5.18. The van der Waals surface area contributed by atoms with Gasteiger partial charge in [0, 0.05) is 19.5 Å². The summed E-state index contributed by atoms with van der Waals surface area (Å²) in [6, 6.07) is 7.88. The summed E-state index contributed by atoms with van der Waals surface area (Å²) in [5.41, 5.74) is 1.20. The van der Waals surface area contributed by atoms with Crippen LogP contribution in [0.2, 0.25) is 0 Å². The number of rotatable bonds is 7. The first kappa shape index (κ1) is 17.4. The lowest BCUT2D eigenvalue weighted by Gasteiger charge is -2.21. The molecule has 0 aliphatic rings. The van der Waals surface area contributed by atoms with Crippen LogP contribution < -0.4 is 10.1 Å². The number of hydrogen-bond donors (Lipinski definition) is 1. The minimum Gasteiger partial charge on any atom is -0.494 e. The van der Waals surface area contributed by atoms with Gasteiger partial charge in [0.15, 0.2) is 5.11 Å². The molecule has 5 heteroatoms. The fourth-order valence-electron chi connectivity index (χ4n) is 1.83. The van der Waals surface area contributed by atoms with Crippen LogP contribution in [0.25, 0.3) is 0 Å². The van der Waals surface area contributed by atoms with Crippen molar-refractivity contribution in [2.24, 2.45) is 0 Å². The Labute approximate surface area is 132 Å². The van der Waals surface area contributed by atoms with E-state index in [1.807, 2.05) is 49.9 Å². The second kappa shape index (κ2) is 9.34. The zero-order valence-electron chi connectivity index (χ0n) is 13.0. The SMILES string of the molecule is CCN(CC)C(=S)NC(=O)CCCOc1ccc(C)cc1. The van der Waals surface area contributed by atoms with Gasteiger partial charge in [-0.25, -0.2) is 0 Å². The first-order valence-corrected chi connectivity index (χ1v) is 7.75. The van der Waals surface area contributed by atoms with Crippen molar-refractivity contribution in [3.05, 3.63) is 29.8 Å². The minimum atomic E-state index is -0.0561. The van der Waals surface area contributed by atoms with Crippen LogP contribution in [0.15, 0.2) is 24.3 Å². The molecule has 0 unspecified atom stereocenters. The number of ether oxygens (including phenoxy) is 1. The summed E-state index contributed by atoms with van der Waals surface area (Å²) >= 11 is 5.18. The summed E-state index contributed by atoms with van der Waals surface area (Å²) < 4.78 is 5.58. The standard InChI is InChI=1S/C16H24N2O2S/c1-4-18(5-2)16(21)17-15(19)7-6-12-20-14-10-8-13(3)9-11-14/h8-11H,4-7,12H2,1-3H3,(H,17,19,21). The van der Waals surface area contributed by atoms with Crippen LogP contribution in [0.5, 0.6) is 5.75 Å². The van der Waals surface area contributed by atoms with E-state index in [0.29, 0.717) is 24.6 Å². The van der Waals surface area contributed by atoms with Gasteiger partial charge in [-0.1, -0.05) is 17.7 Å². The molecular formula is C16H24N2O2S. The van der Waals surface area contributed by atoms with Crippen molar-refractivity contribution in [1.82, 2.24) is 10.2 Å². The van der Waals surface area contributed by atoms with E-state index in [9.17, 15) is 4.79 Å². The van der Waals surface area contributed by atoms with E-state index >= 15 is 0 Å². The molecule has 0 bridgehead atoms. The maximum Gasteiger partial charge on any atom is 0.226 e. The molecule has 0 radical (unpaired) electrons. The molecule has 0 aliphatic heterocycles. The molecule has 0 saturated carbocycles. The average molecular weight is 308 g/mol. The Morgan fingerprint density at radius 3 is 2.43 bits per heavy atom. The van der Waals surface area contributed by atoms with Crippen LogP contribution in [0.4, 0.5) is 0 Å². The van der Waals surface area contributed by atoms with E-state index in [4.69, 9.17) is 17.0 Å². The fraction of sp³-hybridized carbons (Fsp3) is 0.500. The maximum absolute atomic E-state index is 11.8. The fourth-order valence-corrected chi connectivity index (χ4v) is 2.20. The van der Waals surface area contributed by atoms with Crippen molar-refractivity contribution in [2.75, 3.05) is 19.7 Å². The van der Waals surface area contributed by atoms with Crippen LogP contribution >= 0.6 is 12.2 Å². The van der Waals surface area contributed by atoms with Gasteiger partial charge in [0.2, 0.25) is 5.91 Å². The zero-order chi connectivity index (χ0) is 15.7. The van der Waals surface area contributed by atoms with E-state index in [1.165, 1.54) is 5.56 Å². The molecule has 0 saturated heterocycles. The third-order valence-electron chi connectivity index (χ3n) is 3.13. The maximum atomic E-state index is 11.8. The molecule has 1 rings (SSSR count). The quantitative estimate of drug-likeness (QED) is 0.621. The Hall–Kier alpha value is -1.62. The summed E-state index contributed by atoms with van der Waals surface area (Å²) in [5, 5.41) is 3.25. The van der Waals surface area contributed by atoms with Crippen LogP contribution in [0, 0.1) is 6.92 Å². The largest absolute Gasteiger partial charge is 0.494 e. The van der Waals surface area contributed by atoms with Crippen molar-refractivity contribution in [3.8, 4) is 5.75 Å². The molecular weight excluding hydrogens is 284 g/mol. The van der Waals surface area contributed by atoms with E-state index in [1.54, 1.807) is 0 Å². The highest BCUT2D eigenvalue weighted by Crippen LogP contribution is 2.11. The van der Waals surface area contributed by atoms with Gasteiger partial charge in [-0.05, 0) is 51.5 Å². The molecule has 0 aliphatic carbocycles. The molecule has 0 aromatic heterocycles. The van der Waals surface area contributed by atoms with Gasteiger partial charge < -0.3 is 15.0 Å². The molecule has 1 aromatic rings. The van der Waals surface area contributed by atoms with Gasteiger partial charge in [-0.3, -0.25) is 4.79 Å². The Morgan fingerprint density at radius 1 is 1.24 bits per heavy atom. The molecule has 0 heterocycles. The molecule has 4 nitrogen and oxygen atoms in total. The Balaban J connectivity index is 2.21. The third-order valence-corrected chi connectivity index (χ3v) is 3.50. The number of thiocarbonyl (C=S) groups is 1. The van der Waals surface area contributed by atoms with Crippen LogP contribution in [-0.2, 0) is 4.79 Å². The zero-order valence-corrected chi connectivity index (χ0v) is 13.8. The van der Waals surface area contributed by atoms with Crippen LogP contribution in [-0.4, -0.2) is 35.6 Å². The summed E-state index contributed by atoms with van der Waals surface area (Å²) in [7, 11) is 0. The Bertz CT molecular complexity index is 456. The highest BCUT2D eigenvalue weighted by atomic mass is 32.1. The van der Waals surface area contributed by atoms with Gasteiger partial charge in [0.05, 0.1) is 6.61 Å². The molecule has 116 valence electrons. The monoisotopic (exact) mass is 308 g/mol. The summed E-state index contributed by atoms with van der Waals surface area (Å²) in [6.07, 6.45) is 1.08. The number of amides is 1. The van der Waals surface area contributed by atoms with E-state index in [-0.39, 0.29) is 5.91 Å². The third kappa shape index (κ3) is 6.58. The smallest absolute Gasteiger partial charge is 0.226 e. The predicted molar refractivity (Wildman–Crippen MR) is 89.6 cm³/mol. The molecule has 1 amide bonds. The number of benzene rings is 1. The van der Waals surface area contributed by atoms with Crippen molar-refractivity contribution in [3.63, 3.8) is 0 Å². The number of carbonyl (C=O) groups excluding carboxylic acids is 1. The highest BCUT2D eigenvalue weighted by Gasteiger charge is 2.09. The molecule has 0 atom stereocenters. The first-order chi connectivity index (χ1) is 10.1. The van der Waals surface area contributed by atoms with Gasteiger partial charge in [0.25, 0.3) is 0 Å². The van der Waals surface area contributed by atoms with Gasteiger partial charge >= 0.3 is 0 Å². The average Bonchev–Trinajstić information content (AvgIpc) is 2.46. The molecule has 1 N–H and O–H groups in total. The summed E-state index contributed by atoms with van der Waals surface area (Å²) in [4.78, 5) is 13.7. The summed E-state index contributed by atoms with van der Waals surface area (Å²) in [5.74, 6) is 0.777. The normalized spacial score (nSPS) is 10.0. The Morgan fingerprint density at radius 2 is 1.86 bits per heavy atom. The number of nitrogens with one attached hydrogen (secondary N) is 1. The van der Waals surface area contributed by atoms with E-state index < -0.39 is 0 Å². The lowest BCUT2D eigenvalue weighted by Crippen LogP contribution is -2.42. The van der Waals surface area contributed by atoms with Crippen LogP contribution in [0.3, 0.4) is 0 Å². The highest BCUT2D eigenvalue weighted by molar-refractivity contribution is 7.80. The number of nitrogens with zero attached hydrogens (tertiary/aromatic N) is 1. The molecule has 0 fully saturated rings. The van der Waals surface area contributed by atoms with Crippen molar-refractivity contribution < 1.29 is 9.53 Å². The number of carbonyl (C=O) groups is 1. The molecule has 0 spiro atoms. The lowest BCUT2D eigenvalue weighted by molar-refractivity contribution is -0.120. The van der Waals surface area contributed by atoms with E-state index in [2.05, 4.69) is 5.32 Å². The van der Waals surface area contributed by atoms with Crippen molar-refractivity contribution in [1.29, 1.82) is 0 Å². The van der Waals surface area contributed by atoms with E-state index in [0.717, 1.165) is 18.8 Å².